The molecule has 3 heteroatoms. The smallest absolute Gasteiger partial charge is 0.0159 e. The lowest BCUT2D eigenvalue weighted by Gasteiger charge is -2.18. The second-order valence-corrected chi connectivity index (χ2v) is 8.85. The van der Waals surface area contributed by atoms with Crippen molar-refractivity contribution in [2.75, 3.05) is 26.0 Å². The molecule has 1 nitrogen and oxygen atoms in total. The summed E-state index contributed by atoms with van der Waals surface area (Å²) in [6, 6.07) is 32.3. The highest BCUT2D eigenvalue weighted by Gasteiger charge is 2.14. The minimum atomic E-state index is -0.446. The highest BCUT2D eigenvalue weighted by Crippen LogP contribution is 2.32. The van der Waals surface area contributed by atoms with Crippen molar-refractivity contribution in [3.8, 4) is 0 Å². The zero-order chi connectivity index (χ0) is 17.9. The maximum Gasteiger partial charge on any atom is 0.0159 e. The van der Waals surface area contributed by atoms with Gasteiger partial charge in [0.2, 0.25) is 0 Å². The van der Waals surface area contributed by atoms with Crippen LogP contribution >= 0.6 is 23.9 Å². The normalized spacial score (nSPS) is 10.4. The van der Waals surface area contributed by atoms with E-state index in [-0.39, 0.29) is 0 Å². The Labute approximate surface area is 161 Å². The molecule has 0 radical (unpaired) electrons. The average molecular weight is 414 g/mol. The molecule has 0 bridgehead atoms. The number of hydrogen-bond acceptors (Lipinski definition) is 1. The Morgan fingerprint density at radius 2 is 0.960 bits per heavy atom. The molecule has 0 aromatic heterocycles. The number of nitrogens with zero attached hydrogens (tertiary/aromatic N) is 1. The van der Waals surface area contributed by atoms with Crippen molar-refractivity contribution in [3.63, 3.8) is 0 Å². The molecule has 25 heavy (non-hydrogen) atoms. The van der Waals surface area contributed by atoms with Crippen LogP contribution in [0, 0.1) is 0 Å². The Bertz CT molecular complexity index is 608. The van der Waals surface area contributed by atoms with Gasteiger partial charge in [0, 0.05) is 11.9 Å². The number of benzene rings is 3. The van der Waals surface area contributed by atoms with Crippen molar-refractivity contribution in [2.45, 2.75) is 0 Å². The van der Waals surface area contributed by atoms with E-state index in [0.29, 0.717) is 0 Å². The molecule has 3 aromatic carbocycles. The molecule has 0 aliphatic rings. The van der Waals surface area contributed by atoms with E-state index in [0.717, 1.165) is 11.9 Å². The number of alkyl halides is 1. The predicted molar refractivity (Wildman–Crippen MR) is 117 cm³/mol. The van der Waals surface area contributed by atoms with Gasteiger partial charge in [-0.2, -0.15) is 0 Å². The maximum absolute atomic E-state index is 3.31. The molecule has 0 spiro atoms. The molecule has 0 heterocycles. The predicted octanol–water partition coefficient (Wildman–Crippen LogP) is 4.39. The van der Waals surface area contributed by atoms with E-state index in [1.54, 1.807) is 0 Å². The minimum Gasteiger partial charge on any atom is -0.309 e. The molecule has 0 atom stereocenters. The van der Waals surface area contributed by atoms with Crippen molar-refractivity contribution in [1.29, 1.82) is 0 Å². The zero-order valence-corrected chi connectivity index (χ0v) is 17.3. The van der Waals surface area contributed by atoms with Crippen LogP contribution in [-0.2, 0) is 0 Å². The first-order chi connectivity index (χ1) is 12.2. The number of rotatable bonds is 5. The van der Waals surface area contributed by atoms with Gasteiger partial charge in [-0.3, -0.25) is 0 Å². The Balaban J connectivity index is 0.000000326. The largest absolute Gasteiger partial charge is 0.309 e. The third-order valence-electron chi connectivity index (χ3n) is 3.57. The summed E-state index contributed by atoms with van der Waals surface area (Å²) in [6.07, 6.45) is 0. The minimum absolute atomic E-state index is 0.446. The van der Waals surface area contributed by atoms with Gasteiger partial charge in [0.25, 0.3) is 0 Å². The van der Waals surface area contributed by atoms with E-state index in [1.165, 1.54) is 15.9 Å². The van der Waals surface area contributed by atoms with E-state index < -0.39 is 7.92 Å². The summed E-state index contributed by atoms with van der Waals surface area (Å²) < 4.78 is 0. The van der Waals surface area contributed by atoms with Crippen LogP contribution < -0.4 is 15.9 Å². The monoisotopic (exact) mass is 413 g/mol. The summed E-state index contributed by atoms with van der Waals surface area (Å²) in [6.45, 7) is 1.12. The summed E-state index contributed by atoms with van der Waals surface area (Å²) >= 11 is 3.31. The topological polar surface area (TPSA) is 3.24 Å². The Hall–Kier alpha value is -1.47. The van der Waals surface area contributed by atoms with Crippen LogP contribution in [0.5, 0.6) is 0 Å². The van der Waals surface area contributed by atoms with Crippen LogP contribution in [0.1, 0.15) is 0 Å². The van der Waals surface area contributed by atoms with E-state index in [4.69, 9.17) is 0 Å². The van der Waals surface area contributed by atoms with Gasteiger partial charge < -0.3 is 4.90 Å². The highest BCUT2D eigenvalue weighted by molar-refractivity contribution is 9.09. The van der Waals surface area contributed by atoms with Gasteiger partial charge in [-0.25, -0.2) is 0 Å². The lowest BCUT2D eigenvalue weighted by molar-refractivity contribution is 0.438. The molecule has 0 amide bonds. The van der Waals surface area contributed by atoms with Gasteiger partial charge in [0.15, 0.2) is 0 Å². The summed E-state index contributed by atoms with van der Waals surface area (Å²) in [5, 5.41) is 5.26. The first kappa shape index (κ1) is 19.8. The Kier molecular flexibility index (Phi) is 8.90. The molecule has 0 saturated heterocycles. The van der Waals surface area contributed by atoms with Crippen LogP contribution in [0.25, 0.3) is 0 Å². The summed E-state index contributed by atoms with van der Waals surface area (Å²) in [5.74, 6) is 0. The lowest BCUT2D eigenvalue weighted by atomic mass is 10.4. The van der Waals surface area contributed by atoms with E-state index in [2.05, 4.69) is 126 Å². The molecule has 130 valence electrons. The fourth-order valence-electron chi connectivity index (χ4n) is 2.35. The molecule has 0 aliphatic carbocycles. The SMILES string of the molecule is CN(C)CCBr.c1ccc(P(c2ccccc2)c2ccccc2)cc1. The van der Waals surface area contributed by atoms with Crippen LogP contribution in [0.4, 0.5) is 0 Å². The molecule has 0 unspecified atom stereocenters. The van der Waals surface area contributed by atoms with Crippen molar-refractivity contribution in [2.24, 2.45) is 0 Å². The highest BCUT2D eigenvalue weighted by atomic mass is 79.9. The van der Waals surface area contributed by atoms with E-state index in [9.17, 15) is 0 Å². The Morgan fingerprint density at radius 3 is 1.16 bits per heavy atom. The molecule has 0 N–H and O–H groups in total. The fraction of sp³-hybridized carbons (Fsp3) is 0.182. The first-order valence-electron chi connectivity index (χ1n) is 8.38. The standard InChI is InChI=1S/C18H15P.C4H10BrN/c1-4-10-16(11-5-1)19(17-12-6-2-7-13-17)18-14-8-3-9-15-18;1-6(2)4-3-5/h1-15H;3-4H2,1-2H3. The van der Waals surface area contributed by atoms with E-state index in [1.807, 2.05) is 0 Å². The van der Waals surface area contributed by atoms with E-state index >= 15 is 0 Å². The fourth-order valence-corrected chi connectivity index (χ4v) is 5.36. The van der Waals surface area contributed by atoms with Gasteiger partial charge in [0.05, 0.1) is 0 Å². The second-order valence-electron chi connectivity index (χ2n) is 5.83. The summed E-state index contributed by atoms with van der Waals surface area (Å²) in [5.41, 5.74) is 0. The summed E-state index contributed by atoms with van der Waals surface area (Å²) in [7, 11) is 3.67. The number of hydrogen-bond donors (Lipinski definition) is 0. The molecule has 3 aromatic rings. The molecular formula is C22H25BrNP. The first-order valence-corrected chi connectivity index (χ1v) is 10.8. The molecule has 3 rings (SSSR count). The van der Waals surface area contributed by atoms with Gasteiger partial charge in [-0.1, -0.05) is 107 Å². The molecular weight excluding hydrogens is 389 g/mol. The zero-order valence-electron chi connectivity index (χ0n) is 14.8. The third-order valence-corrected chi connectivity index (χ3v) is 6.37. The van der Waals surface area contributed by atoms with Gasteiger partial charge in [-0.05, 0) is 37.9 Å². The van der Waals surface area contributed by atoms with Crippen molar-refractivity contribution in [1.82, 2.24) is 4.90 Å². The maximum atomic E-state index is 3.31. The van der Waals surface area contributed by atoms with Crippen molar-refractivity contribution < 1.29 is 0 Å². The van der Waals surface area contributed by atoms with Crippen LogP contribution in [-0.4, -0.2) is 30.9 Å². The van der Waals surface area contributed by atoms with Crippen LogP contribution in [0.3, 0.4) is 0 Å². The third kappa shape index (κ3) is 6.74. The molecule has 0 aliphatic heterocycles. The van der Waals surface area contributed by atoms with Gasteiger partial charge >= 0.3 is 0 Å². The quantitative estimate of drug-likeness (QED) is 0.442. The summed E-state index contributed by atoms with van der Waals surface area (Å²) in [4.78, 5) is 2.13. The van der Waals surface area contributed by atoms with Crippen LogP contribution in [0.15, 0.2) is 91.0 Å². The van der Waals surface area contributed by atoms with Gasteiger partial charge in [0.1, 0.15) is 0 Å². The lowest BCUT2D eigenvalue weighted by Crippen LogP contribution is -2.20. The number of halogens is 1. The Morgan fingerprint density at radius 1 is 0.640 bits per heavy atom. The average Bonchev–Trinajstić information content (AvgIpc) is 2.65. The van der Waals surface area contributed by atoms with Crippen molar-refractivity contribution in [3.05, 3.63) is 91.0 Å². The van der Waals surface area contributed by atoms with Crippen LogP contribution in [0.2, 0.25) is 0 Å². The van der Waals surface area contributed by atoms with Crippen molar-refractivity contribution >= 4 is 39.8 Å². The second kappa shape index (κ2) is 11.2. The molecule has 0 fully saturated rings. The molecule has 0 saturated carbocycles. The van der Waals surface area contributed by atoms with Gasteiger partial charge in [-0.15, -0.1) is 0 Å².